The van der Waals surface area contributed by atoms with Crippen molar-refractivity contribution in [1.29, 1.82) is 0 Å². The average molecular weight is 279 g/mol. The Morgan fingerprint density at radius 1 is 1.20 bits per heavy atom. The number of hydrogen-bond donors (Lipinski definition) is 0. The summed E-state index contributed by atoms with van der Waals surface area (Å²) < 4.78 is 22.0. The van der Waals surface area contributed by atoms with Gasteiger partial charge < -0.3 is 18.9 Å². The molecule has 3 saturated heterocycles. The first-order chi connectivity index (χ1) is 6.98. The zero-order valence-electron chi connectivity index (χ0n) is 8.31. The number of fused-ring (bicyclic) bond motifs is 3. The number of halogens is 1. The first-order valence-electron chi connectivity index (χ1n) is 4.84. The lowest BCUT2D eigenvalue weighted by atomic mass is 10.1. The summed E-state index contributed by atoms with van der Waals surface area (Å²) in [6.07, 6.45) is -1.39. The Morgan fingerprint density at radius 3 is 2.67 bits per heavy atom. The van der Waals surface area contributed by atoms with Crippen LogP contribution in [0.4, 0.5) is 0 Å². The number of hydrogen-bond acceptors (Lipinski definition) is 5. The smallest absolute Gasteiger partial charge is 0.323 e. The van der Waals surface area contributed by atoms with E-state index in [0.717, 1.165) is 0 Å². The van der Waals surface area contributed by atoms with Gasteiger partial charge in [0.05, 0.1) is 0 Å². The molecule has 6 heteroatoms. The van der Waals surface area contributed by atoms with Crippen LogP contribution >= 0.6 is 15.9 Å². The molecule has 0 N–H and O–H groups in total. The van der Waals surface area contributed by atoms with E-state index in [0.29, 0.717) is 0 Å². The van der Waals surface area contributed by atoms with E-state index in [9.17, 15) is 4.79 Å². The van der Waals surface area contributed by atoms with Crippen LogP contribution in [-0.4, -0.2) is 41.2 Å². The first-order valence-corrected chi connectivity index (χ1v) is 5.75. The van der Waals surface area contributed by atoms with Crippen LogP contribution in [0.3, 0.4) is 0 Å². The zero-order valence-corrected chi connectivity index (χ0v) is 9.89. The summed E-state index contributed by atoms with van der Waals surface area (Å²) in [5, 5.41) is 0. The summed E-state index contributed by atoms with van der Waals surface area (Å²) >= 11 is 3.24. The highest BCUT2D eigenvalue weighted by atomic mass is 79.9. The molecule has 84 valence electrons. The Hall–Kier alpha value is -0.170. The number of alkyl halides is 1. The van der Waals surface area contributed by atoms with Crippen LogP contribution in [0.5, 0.6) is 0 Å². The van der Waals surface area contributed by atoms with Crippen molar-refractivity contribution in [2.45, 2.75) is 49.1 Å². The lowest BCUT2D eigenvalue weighted by Gasteiger charge is -2.20. The van der Waals surface area contributed by atoms with Crippen LogP contribution in [0.1, 0.15) is 13.8 Å². The molecule has 0 aromatic rings. The summed E-state index contributed by atoms with van der Waals surface area (Å²) in [7, 11) is 0. The Bertz CT molecular complexity index is 318. The Balaban J connectivity index is 1.83. The van der Waals surface area contributed by atoms with Crippen molar-refractivity contribution in [2.24, 2.45) is 0 Å². The number of ether oxygens (including phenoxy) is 4. The van der Waals surface area contributed by atoms with Gasteiger partial charge in [0.25, 0.3) is 0 Å². The standard InChI is InChI=1S/C9H11BrO5/c1-9(2)14-6-5-4(13-8(6)15-9)3(10)7(11)12-5/h3-6,8H,1-2H3/t3-,4+,5+,6-,8+/m0/s1. The monoisotopic (exact) mass is 278 g/mol. The van der Waals surface area contributed by atoms with Gasteiger partial charge >= 0.3 is 5.97 Å². The van der Waals surface area contributed by atoms with Crippen LogP contribution in [0.15, 0.2) is 0 Å². The molecule has 5 atom stereocenters. The largest absolute Gasteiger partial charge is 0.456 e. The van der Waals surface area contributed by atoms with Gasteiger partial charge in [-0.2, -0.15) is 0 Å². The van der Waals surface area contributed by atoms with E-state index in [4.69, 9.17) is 18.9 Å². The van der Waals surface area contributed by atoms with E-state index < -0.39 is 16.9 Å². The normalized spacial score (nSPS) is 51.4. The minimum absolute atomic E-state index is 0.295. The van der Waals surface area contributed by atoms with Gasteiger partial charge in [0.15, 0.2) is 24.3 Å². The fourth-order valence-electron chi connectivity index (χ4n) is 2.21. The SMILES string of the molecule is CC1(C)O[C@H]2O[C@H]3[C@@H](OC(=O)[C@H]3Br)[C@@H]2O1. The van der Waals surface area contributed by atoms with E-state index in [2.05, 4.69) is 15.9 Å². The molecule has 0 aromatic carbocycles. The molecule has 0 aromatic heterocycles. The molecule has 3 aliphatic rings. The highest BCUT2D eigenvalue weighted by Gasteiger charge is 2.62. The Labute approximate surface area is 95.1 Å². The highest BCUT2D eigenvalue weighted by molar-refractivity contribution is 9.10. The van der Waals surface area contributed by atoms with Gasteiger partial charge in [0.1, 0.15) is 10.9 Å². The van der Waals surface area contributed by atoms with Crippen LogP contribution in [-0.2, 0) is 23.7 Å². The summed E-state index contributed by atoms with van der Waals surface area (Å²) in [6, 6.07) is 0. The molecule has 3 fully saturated rings. The molecule has 0 bridgehead atoms. The van der Waals surface area contributed by atoms with E-state index >= 15 is 0 Å². The summed E-state index contributed by atoms with van der Waals surface area (Å²) in [6.45, 7) is 3.62. The van der Waals surface area contributed by atoms with Crippen molar-refractivity contribution in [1.82, 2.24) is 0 Å². The zero-order chi connectivity index (χ0) is 10.8. The molecule has 15 heavy (non-hydrogen) atoms. The molecule has 5 nitrogen and oxygen atoms in total. The molecule has 3 rings (SSSR count). The fourth-order valence-corrected chi connectivity index (χ4v) is 2.74. The quantitative estimate of drug-likeness (QED) is 0.479. The molecular weight excluding hydrogens is 268 g/mol. The minimum atomic E-state index is -0.670. The molecule has 3 heterocycles. The maximum atomic E-state index is 11.3. The van der Waals surface area contributed by atoms with Gasteiger partial charge in [0.2, 0.25) is 0 Å². The van der Waals surface area contributed by atoms with Crippen LogP contribution in [0, 0.1) is 0 Å². The average Bonchev–Trinajstić information content (AvgIpc) is 2.66. The fraction of sp³-hybridized carbons (Fsp3) is 0.889. The van der Waals surface area contributed by atoms with Gasteiger partial charge in [-0.15, -0.1) is 0 Å². The molecule has 0 unspecified atom stereocenters. The summed E-state index contributed by atoms with van der Waals surface area (Å²) in [5.41, 5.74) is 0. The lowest BCUT2D eigenvalue weighted by Crippen LogP contribution is -2.33. The molecule has 0 amide bonds. The molecule has 3 aliphatic heterocycles. The number of carbonyl (C=O) groups is 1. The molecule has 0 spiro atoms. The Kier molecular flexibility index (Phi) is 1.96. The maximum absolute atomic E-state index is 11.3. The predicted molar refractivity (Wildman–Crippen MR) is 51.3 cm³/mol. The summed E-state index contributed by atoms with van der Waals surface area (Å²) in [5.74, 6) is -0.964. The van der Waals surface area contributed by atoms with Crippen molar-refractivity contribution in [3.8, 4) is 0 Å². The van der Waals surface area contributed by atoms with Crippen LogP contribution in [0.2, 0.25) is 0 Å². The van der Waals surface area contributed by atoms with E-state index in [1.54, 1.807) is 0 Å². The van der Waals surface area contributed by atoms with Crippen molar-refractivity contribution >= 4 is 21.9 Å². The number of esters is 1. The second kappa shape index (κ2) is 2.94. The van der Waals surface area contributed by atoms with E-state index in [1.165, 1.54) is 0 Å². The van der Waals surface area contributed by atoms with Crippen molar-refractivity contribution in [3.05, 3.63) is 0 Å². The third-order valence-corrected chi connectivity index (χ3v) is 3.69. The minimum Gasteiger partial charge on any atom is -0.456 e. The maximum Gasteiger partial charge on any atom is 0.323 e. The first kappa shape index (κ1) is 10.0. The van der Waals surface area contributed by atoms with Gasteiger partial charge in [-0.3, -0.25) is 4.79 Å². The third-order valence-electron chi connectivity index (χ3n) is 2.79. The van der Waals surface area contributed by atoms with Crippen LogP contribution < -0.4 is 0 Å². The number of rotatable bonds is 0. The van der Waals surface area contributed by atoms with Gasteiger partial charge in [-0.05, 0) is 13.8 Å². The number of carbonyl (C=O) groups excluding carboxylic acids is 1. The van der Waals surface area contributed by atoms with Crippen molar-refractivity contribution < 1.29 is 23.7 Å². The van der Waals surface area contributed by atoms with E-state index in [-0.39, 0.29) is 24.3 Å². The van der Waals surface area contributed by atoms with Crippen LogP contribution in [0.25, 0.3) is 0 Å². The summed E-state index contributed by atoms with van der Waals surface area (Å²) in [4.78, 5) is 10.9. The molecule has 0 aliphatic carbocycles. The van der Waals surface area contributed by atoms with Gasteiger partial charge in [0, 0.05) is 0 Å². The second-order valence-corrected chi connectivity index (χ2v) is 5.36. The third kappa shape index (κ3) is 1.35. The molecule has 0 radical (unpaired) electrons. The predicted octanol–water partition coefficient (Wildman–Crippen LogP) is 0.552. The van der Waals surface area contributed by atoms with Crippen molar-refractivity contribution in [3.63, 3.8) is 0 Å². The van der Waals surface area contributed by atoms with Crippen molar-refractivity contribution in [2.75, 3.05) is 0 Å². The Morgan fingerprint density at radius 2 is 1.93 bits per heavy atom. The van der Waals surface area contributed by atoms with Gasteiger partial charge in [-0.25, -0.2) is 0 Å². The topological polar surface area (TPSA) is 54.0 Å². The second-order valence-electron chi connectivity index (χ2n) is 4.37. The van der Waals surface area contributed by atoms with Gasteiger partial charge in [-0.1, -0.05) is 15.9 Å². The molecule has 0 saturated carbocycles. The molecular formula is C9H11BrO5. The highest BCUT2D eigenvalue weighted by Crippen LogP contribution is 2.43. The lowest BCUT2D eigenvalue weighted by molar-refractivity contribution is -0.209. The van der Waals surface area contributed by atoms with E-state index in [1.807, 2.05) is 13.8 Å².